The molecule has 0 aliphatic rings. The molecule has 0 saturated heterocycles. The number of nitrogens with one attached hydrogen (secondary N) is 1. The zero-order valence-electron chi connectivity index (χ0n) is 12.8. The Labute approximate surface area is 130 Å². The Morgan fingerprint density at radius 3 is 2.50 bits per heavy atom. The SMILES string of the molecule is CCc1ccccc1CNc1ccc([N+](=O)[O-])cc1COC. The van der Waals surface area contributed by atoms with Crippen LogP contribution >= 0.6 is 0 Å². The van der Waals surface area contributed by atoms with E-state index in [0.29, 0.717) is 13.2 Å². The molecule has 0 unspecified atom stereocenters. The lowest BCUT2D eigenvalue weighted by Gasteiger charge is -2.13. The highest BCUT2D eigenvalue weighted by Gasteiger charge is 2.11. The Kier molecular flexibility index (Phi) is 5.49. The summed E-state index contributed by atoms with van der Waals surface area (Å²) in [7, 11) is 1.58. The smallest absolute Gasteiger partial charge is 0.269 e. The van der Waals surface area contributed by atoms with Crippen LogP contribution in [0.15, 0.2) is 42.5 Å². The molecule has 0 fully saturated rings. The fourth-order valence-electron chi connectivity index (χ4n) is 2.41. The summed E-state index contributed by atoms with van der Waals surface area (Å²) in [4.78, 5) is 10.5. The summed E-state index contributed by atoms with van der Waals surface area (Å²) in [6.45, 7) is 3.14. The van der Waals surface area contributed by atoms with E-state index in [0.717, 1.165) is 17.7 Å². The van der Waals surface area contributed by atoms with E-state index in [1.165, 1.54) is 17.2 Å². The van der Waals surface area contributed by atoms with E-state index in [1.807, 2.05) is 12.1 Å². The lowest BCUT2D eigenvalue weighted by Crippen LogP contribution is -2.05. The number of nitrogens with zero attached hydrogens (tertiary/aromatic N) is 1. The maximum absolute atomic E-state index is 10.9. The molecule has 5 heteroatoms. The van der Waals surface area contributed by atoms with E-state index < -0.39 is 4.92 Å². The molecule has 2 aromatic rings. The Bertz CT molecular complexity index is 656. The molecule has 22 heavy (non-hydrogen) atoms. The van der Waals surface area contributed by atoms with Gasteiger partial charge in [0.05, 0.1) is 11.5 Å². The zero-order valence-corrected chi connectivity index (χ0v) is 12.8. The van der Waals surface area contributed by atoms with Crippen molar-refractivity contribution in [3.05, 3.63) is 69.3 Å². The summed E-state index contributed by atoms with van der Waals surface area (Å²) in [5.74, 6) is 0. The van der Waals surface area contributed by atoms with Crippen LogP contribution in [-0.4, -0.2) is 12.0 Å². The van der Waals surface area contributed by atoms with Crippen LogP contribution in [0, 0.1) is 10.1 Å². The van der Waals surface area contributed by atoms with Gasteiger partial charge in [0.25, 0.3) is 5.69 Å². The third kappa shape index (κ3) is 3.83. The first-order valence-corrected chi connectivity index (χ1v) is 7.22. The van der Waals surface area contributed by atoms with Crippen LogP contribution in [0.25, 0.3) is 0 Å². The number of non-ortho nitro benzene ring substituents is 1. The van der Waals surface area contributed by atoms with Crippen LogP contribution in [0.3, 0.4) is 0 Å². The van der Waals surface area contributed by atoms with Gasteiger partial charge in [-0.2, -0.15) is 0 Å². The van der Waals surface area contributed by atoms with Gasteiger partial charge in [-0.15, -0.1) is 0 Å². The summed E-state index contributed by atoms with van der Waals surface area (Å²) in [6.07, 6.45) is 0.975. The lowest BCUT2D eigenvalue weighted by molar-refractivity contribution is -0.384. The van der Waals surface area contributed by atoms with Crippen molar-refractivity contribution < 1.29 is 9.66 Å². The van der Waals surface area contributed by atoms with Crippen LogP contribution < -0.4 is 5.32 Å². The second-order valence-electron chi connectivity index (χ2n) is 5.01. The van der Waals surface area contributed by atoms with Gasteiger partial charge in [0.1, 0.15) is 0 Å². The number of ether oxygens (including phenoxy) is 1. The van der Waals surface area contributed by atoms with E-state index in [2.05, 4.69) is 24.4 Å². The number of anilines is 1. The molecule has 0 aliphatic heterocycles. The third-order valence-electron chi connectivity index (χ3n) is 3.57. The molecular formula is C17H20N2O3. The zero-order chi connectivity index (χ0) is 15.9. The van der Waals surface area contributed by atoms with E-state index in [-0.39, 0.29) is 5.69 Å². The predicted octanol–water partition coefficient (Wildman–Crippen LogP) is 3.92. The summed E-state index contributed by atoms with van der Waals surface area (Å²) < 4.78 is 5.14. The van der Waals surface area contributed by atoms with E-state index in [9.17, 15) is 10.1 Å². The first-order valence-electron chi connectivity index (χ1n) is 7.22. The van der Waals surface area contributed by atoms with Crippen LogP contribution in [-0.2, 0) is 24.3 Å². The molecule has 2 rings (SSSR count). The Hall–Kier alpha value is -2.40. The number of rotatable bonds is 7. The van der Waals surface area contributed by atoms with E-state index >= 15 is 0 Å². The van der Waals surface area contributed by atoms with Crippen LogP contribution in [0.4, 0.5) is 11.4 Å². The first kappa shape index (κ1) is 16.0. The number of nitro groups is 1. The van der Waals surface area contributed by atoms with Crippen LogP contribution in [0.5, 0.6) is 0 Å². The average Bonchev–Trinajstić information content (AvgIpc) is 2.54. The fraction of sp³-hybridized carbons (Fsp3) is 0.294. The van der Waals surface area contributed by atoms with Gasteiger partial charge in [0.2, 0.25) is 0 Å². The average molecular weight is 300 g/mol. The van der Waals surface area contributed by atoms with Gasteiger partial charge in [-0.25, -0.2) is 0 Å². The van der Waals surface area contributed by atoms with Crippen molar-refractivity contribution in [3.8, 4) is 0 Å². The van der Waals surface area contributed by atoms with E-state index in [1.54, 1.807) is 19.2 Å². The topological polar surface area (TPSA) is 64.4 Å². The molecule has 0 radical (unpaired) electrons. The molecule has 0 saturated carbocycles. The number of methoxy groups -OCH3 is 1. The van der Waals surface area contributed by atoms with Crippen molar-refractivity contribution in [2.45, 2.75) is 26.5 Å². The fourth-order valence-corrected chi connectivity index (χ4v) is 2.41. The van der Waals surface area contributed by atoms with Gasteiger partial charge in [-0.1, -0.05) is 31.2 Å². The van der Waals surface area contributed by atoms with Gasteiger partial charge in [0.15, 0.2) is 0 Å². The molecule has 2 aromatic carbocycles. The minimum atomic E-state index is -0.394. The van der Waals surface area contributed by atoms with Crippen LogP contribution in [0.1, 0.15) is 23.6 Å². The molecule has 0 amide bonds. The van der Waals surface area contributed by atoms with Gasteiger partial charge in [-0.3, -0.25) is 10.1 Å². The Morgan fingerprint density at radius 1 is 1.14 bits per heavy atom. The number of aryl methyl sites for hydroxylation is 1. The second-order valence-corrected chi connectivity index (χ2v) is 5.01. The maximum atomic E-state index is 10.9. The van der Waals surface area contributed by atoms with Crippen molar-refractivity contribution in [2.75, 3.05) is 12.4 Å². The molecule has 0 bridgehead atoms. The highest BCUT2D eigenvalue weighted by atomic mass is 16.6. The molecular weight excluding hydrogens is 280 g/mol. The molecule has 0 heterocycles. The van der Waals surface area contributed by atoms with Crippen molar-refractivity contribution in [3.63, 3.8) is 0 Å². The van der Waals surface area contributed by atoms with Crippen molar-refractivity contribution in [1.82, 2.24) is 0 Å². The van der Waals surface area contributed by atoms with Crippen molar-refractivity contribution >= 4 is 11.4 Å². The summed E-state index contributed by atoms with van der Waals surface area (Å²) in [5, 5.41) is 14.2. The summed E-state index contributed by atoms with van der Waals surface area (Å²) in [5.41, 5.74) is 4.24. The monoisotopic (exact) mass is 300 g/mol. The minimum absolute atomic E-state index is 0.0755. The second kappa shape index (κ2) is 7.56. The Morgan fingerprint density at radius 2 is 1.86 bits per heavy atom. The van der Waals surface area contributed by atoms with Gasteiger partial charge >= 0.3 is 0 Å². The third-order valence-corrected chi connectivity index (χ3v) is 3.57. The molecule has 0 atom stereocenters. The minimum Gasteiger partial charge on any atom is -0.381 e. The lowest BCUT2D eigenvalue weighted by atomic mass is 10.0. The maximum Gasteiger partial charge on any atom is 0.269 e. The Balaban J connectivity index is 2.19. The van der Waals surface area contributed by atoms with E-state index in [4.69, 9.17) is 4.74 Å². The van der Waals surface area contributed by atoms with Gasteiger partial charge in [-0.05, 0) is 23.6 Å². The predicted molar refractivity (Wildman–Crippen MR) is 87.0 cm³/mol. The van der Waals surface area contributed by atoms with Gasteiger partial charge in [0, 0.05) is 37.0 Å². The first-order chi connectivity index (χ1) is 10.7. The molecule has 0 spiro atoms. The standard InChI is InChI=1S/C17H20N2O3/c1-3-13-6-4-5-7-14(13)11-18-17-9-8-16(19(20)21)10-15(17)12-22-2/h4-10,18H,3,11-12H2,1-2H3. The van der Waals surface area contributed by atoms with Gasteiger partial charge < -0.3 is 10.1 Å². The molecule has 5 nitrogen and oxygen atoms in total. The number of hydrogen-bond donors (Lipinski definition) is 1. The molecule has 0 aromatic heterocycles. The molecule has 116 valence electrons. The summed E-state index contributed by atoms with van der Waals surface area (Å²) >= 11 is 0. The van der Waals surface area contributed by atoms with Crippen molar-refractivity contribution in [1.29, 1.82) is 0 Å². The van der Waals surface area contributed by atoms with Crippen molar-refractivity contribution in [2.24, 2.45) is 0 Å². The number of nitro benzene ring substituents is 1. The normalized spacial score (nSPS) is 10.5. The number of benzene rings is 2. The van der Waals surface area contributed by atoms with Crippen LogP contribution in [0.2, 0.25) is 0 Å². The summed E-state index contributed by atoms with van der Waals surface area (Å²) in [6, 6.07) is 13.1. The molecule has 1 N–H and O–H groups in total. The quantitative estimate of drug-likeness (QED) is 0.622. The highest BCUT2D eigenvalue weighted by molar-refractivity contribution is 5.56. The largest absolute Gasteiger partial charge is 0.381 e. The highest BCUT2D eigenvalue weighted by Crippen LogP contribution is 2.24. The number of hydrogen-bond acceptors (Lipinski definition) is 4. The molecule has 0 aliphatic carbocycles.